The summed E-state index contributed by atoms with van der Waals surface area (Å²) < 4.78 is 5.66. The molecule has 1 aromatic heterocycles. The van der Waals surface area contributed by atoms with Crippen LogP contribution in [0.15, 0.2) is 10.6 Å². The Morgan fingerprint density at radius 3 is 2.73 bits per heavy atom. The maximum Gasteiger partial charge on any atom is 0.249 e. The van der Waals surface area contributed by atoms with Gasteiger partial charge in [-0.3, -0.25) is 9.59 Å². The molecule has 0 aliphatic carbocycles. The van der Waals surface area contributed by atoms with E-state index in [1.807, 2.05) is 0 Å². The number of imide groups is 1. The molecule has 118 valence electrons. The molecule has 0 N–H and O–H groups in total. The summed E-state index contributed by atoms with van der Waals surface area (Å²) in [6.07, 6.45) is 3.64. The average molecular weight is 339 g/mol. The second-order valence-corrected chi connectivity index (χ2v) is 7.32. The first-order valence-electron chi connectivity index (χ1n) is 7.32. The smallest absolute Gasteiger partial charge is 0.249 e. The molecule has 1 atom stereocenters. The molecular formula is C14H17N3O3S2. The SMILES string of the molecule is Cc1cc(N2C(=O)CC(SC(=S)N3CCCCC3)C2=O)no1. The highest BCUT2D eigenvalue weighted by Gasteiger charge is 2.42. The van der Waals surface area contributed by atoms with Crippen molar-refractivity contribution in [2.45, 2.75) is 37.9 Å². The fraction of sp³-hybridized carbons (Fsp3) is 0.571. The van der Waals surface area contributed by atoms with Crippen LogP contribution in [0.25, 0.3) is 0 Å². The summed E-state index contributed by atoms with van der Waals surface area (Å²) in [4.78, 5) is 27.8. The zero-order valence-corrected chi connectivity index (χ0v) is 13.9. The number of likely N-dealkylation sites (tertiary alicyclic amines) is 1. The Morgan fingerprint density at radius 1 is 1.36 bits per heavy atom. The van der Waals surface area contributed by atoms with Crippen molar-refractivity contribution >= 4 is 45.9 Å². The van der Waals surface area contributed by atoms with Crippen molar-refractivity contribution < 1.29 is 14.1 Å². The number of carbonyl (C=O) groups is 2. The highest BCUT2D eigenvalue weighted by molar-refractivity contribution is 8.23. The van der Waals surface area contributed by atoms with Crippen molar-refractivity contribution in [2.24, 2.45) is 0 Å². The molecule has 2 saturated heterocycles. The van der Waals surface area contributed by atoms with E-state index in [9.17, 15) is 9.59 Å². The number of hydrogen-bond donors (Lipinski definition) is 0. The van der Waals surface area contributed by atoms with Crippen LogP contribution in [0.1, 0.15) is 31.4 Å². The van der Waals surface area contributed by atoms with Crippen LogP contribution in [-0.2, 0) is 9.59 Å². The van der Waals surface area contributed by atoms with E-state index in [2.05, 4.69) is 10.1 Å². The molecule has 0 aromatic carbocycles. The van der Waals surface area contributed by atoms with Crippen molar-refractivity contribution in [1.82, 2.24) is 10.1 Å². The predicted molar refractivity (Wildman–Crippen MR) is 87.8 cm³/mol. The molecule has 3 rings (SSSR count). The first-order chi connectivity index (χ1) is 10.6. The number of thioether (sulfide) groups is 1. The lowest BCUT2D eigenvalue weighted by Gasteiger charge is -2.29. The molecule has 0 saturated carbocycles. The summed E-state index contributed by atoms with van der Waals surface area (Å²) in [5.41, 5.74) is 0. The van der Waals surface area contributed by atoms with Crippen molar-refractivity contribution in [3.05, 3.63) is 11.8 Å². The molecule has 22 heavy (non-hydrogen) atoms. The molecule has 0 radical (unpaired) electrons. The number of carbonyl (C=O) groups excluding carboxylic acids is 2. The zero-order valence-electron chi connectivity index (χ0n) is 12.3. The molecule has 2 fully saturated rings. The summed E-state index contributed by atoms with van der Waals surface area (Å²) in [6, 6.07) is 1.59. The minimum Gasteiger partial charge on any atom is -0.360 e. The number of anilines is 1. The summed E-state index contributed by atoms with van der Waals surface area (Å²) in [7, 11) is 0. The molecule has 2 aliphatic heterocycles. The average Bonchev–Trinajstić information content (AvgIpc) is 3.04. The van der Waals surface area contributed by atoms with Crippen LogP contribution in [0, 0.1) is 6.92 Å². The number of aryl methyl sites for hydroxylation is 1. The summed E-state index contributed by atoms with van der Waals surface area (Å²) in [6.45, 7) is 3.60. The van der Waals surface area contributed by atoms with Gasteiger partial charge in [0.25, 0.3) is 0 Å². The van der Waals surface area contributed by atoms with E-state index >= 15 is 0 Å². The van der Waals surface area contributed by atoms with E-state index in [-0.39, 0.29) is 24.1 Å². The summed E-state index contributed by atoms with van der Waals surface area (Å²) in [5, 5.41) is 3.30. The molecule has 3 heterocycles. The Hall–Kier alpha value is -1.41. The lowest BCUT2D eigenvalue weighted by atomic mass is 10.1. The summed E-state index contributed by atoms with van der Waals surface area (Å²) in [5.74, 6) is 0.315. The van der Waals surface area contributed by atoms with E-state index in [1.165, 1.54) is 18.2 Å². The van der Waals surface area contributed by atoms with Gasteiger partial charge in [-0.25, -0.2) is 4.90 Å². The Labute approximate surface area is 138 Å². The van der Waals surface area contributed by atoms with Crippen molar-refractivity contribution in [2.75, 3.05) is 18.0 Å². The van der Waals surface area contributed by atoms with Crippen molar-refractivity contribution in [1.29, 1.82) is 0 Å². The predicted octanol–water partition coefficient (Wildman–Crippen LogP) is 2.12. The maximum atomic E-state index is 12.5. The van der Waals surface area contributed by atoms with Gasteiger partial charge >= 0.3 is 0 Å². The van der Waals surface area contributed by atoms with E-state index < -0.39 is 5.25 Å². The van der Waals surface area contributed by atoms with Crippen LogP contribution in [0.2, 0.25) is 0 Å². The number of nitrogens with zero attached hydrogens (tertiary/aromatic N) is 3. The Morgan fingerprint density at radius 2 is 2.09 bits per heavy atom. The Bertz CT molecular complexity index is 610. The molecule has 0 bridgehead atoms. The van der Waals surface area contributed by atoms with Gasteiger partial charge in [-0.1, -0.05) is 29.1 Å². The van der Waals surface area contributed by atoms with Crippen LogP contribution < -0.4 is 4.90 Å². The first-order valence-corrected chi connectivity index (χ1v) is 8.61. The highest BCUT2D eigenvalue weighted by atomic mass is 32.2. The fourth-order valence-electron chi connectivity index (χ4n) is 2.67. The Balaban J connectivity index is 1.67. The van der Waals surface area contributed by atoms with E-state index in [0.717, 1.165) is 30.8 Å². The van der Waals surface area contributed by atoms with Gasteiger partial charge < -0.3 is 9.42 Å². The zero-order chi connectivity index (χ0) is 15.7. The third-order valence-corrected chi connectivity index (χ3v) is 5.47. The second-order valence-electron chi connectivity index (χ2n) is 5.49. The van der Waals surface area contributed by atoms with Gasteiger partial charge in [0.1, 0.15) is 15.3 Å². The van der Waals surface area contributed by atoms with Crippen LogP contribution in [0.4, 0.5) is 5.82 Å². The normalized spacial score (nSPS) is 22.5. The number of aromatic nitrogens is 1. The topological polar surface area (TPSA) is 66.7 Å². The van der Waals surface area contributed by atoms with E-state index in [1.54, 1.807) is 13.0 Å². The molecule has 0 spiro atoms. The second kappa shape index (κ2) is 6.37. The lowest BCUT2D eigenvalue weighted by Crippen LogP contribution is -2.35. The number of rotatable bonds is 2. The number of hydrogen-bond acceptors (Lipinski definition) is 6. The van der Waals surface area contributed by atoms with Crippen molar-refractivity contribution in [3.63, 3.8) is 0 Å². The van der Waals surface area contributed by atoms with Crippen LogP contribution in [0.5, 0.6) is 0 Å². The van der Waals surface area contributed by atoms with Gasteiger partial charge in [0.2, 0.25) is 11.8 Å². The standard InChI is InChI=1S/C14H17N3O3S2/c1-9-7-11(15-20-9)17-12(18)8-10(13(17)19)22-14(21)16-5-3-2-4-6-16/h7,10H,2-6,8H2,1H3. The van der Waals surface area contributed by atoms with Crippen molar-refractivity contribution in [3.8, 4) is 0 Å². The van der Waals surface area contributed by atoms with Crippen LogP contribution >= 0.6 is 24.0 Å². The minimum absolute atomic E-state index is 0.156. The van der Waals surface area contributed by atoms with Crippen LogP contribution in [-0.4, -0.2) is 44.5 Å². The fourth-order valence-corrected chi connectivity index (χ4v) is 4.21. The minimum atomic E-state index is -0.459. The third kappa shape index (κ3) is 3.03. The highest BCUT2D eigenvalue weighted by Crippen LogP contribution is 2.31. The third-order valence-electron chi connectivity index (χ3n) is 3.81. The molecule has 2 aliphatic rings. The monoisotopic (exact) mass is 339 g/mol. The van der Waals surface area contributed by atoms with E-state index in [0.29, 0.717) is 10.1 Å². The Kier molecular flexibility index (Phi) is 4.49. The van der Waals surface area contributed by atoms with Gasteiger partial charge in [0.15, 0.2) is 5.82 Å². The molecule has 1 aromatic rings. The molecular weight excluding hydrogens is 322 g/mol. The number of piperidine rings is 1. The first kappa shape index (κ1) is 15.5. The summed E-state index contributed by atoms with van der Waals surface area (Å²) >= 11 is 6.75. The molecule has 6 nitrogen and oxygen atoms in total. The number of amides is 2. The van der Waals surface area contributed by atoms with Gasteiger partial charge in [0, 0.05) is 25.6 Å². The van der Waals surface area contributed by atoms with Gasteiger partial charge in [-0.05, 0) is 26.2 Å². The quantitative estimate of drug-likeness (QED) is 0.604. The molecule has 2 amide bonds. The molecule has 1 unspecified atom stereocenters. The lowest BCUT2D eigenvalue weighted by molar-refractivity contribution is -0.121. The maximum absolute atomic E-state index is 12.5. The van der Waals surface area contributed by atoms with Gasteiger partial charge in [-0.15, -0.1) is 0 Å². The van der Waals surface area contributed by atoms with Gasteiger partial charge in [-0.2, -0.15) is 0 Å². The molecule has 8 heteroatoms. The van der Waals surface area contributed by atoms with Gasteiger partial charge in [0.05, 0.1) is 0 Å². The number of thiocarbonyl (C=S) groups is 1. The van der Waals surface area contributed by atoms with Crippen LogP contribution in [0.3, 0.4) is 0 Å². The van der Waals surface area contributed by atoms with E-state index in [4.69, 9.17) is 16.7 Å². The largest absolute Gasteiger partial charge is 0.360 e.